The van der Waals surface area contributed by atoms with E-state index in [2.05, 4.69) is 10.0 Å². The van der Waals surface area contributed by atoms with Crippen LogP contribution in [0.5, 0.6) is 5.75 Å². The molecule has 5 rings (SSSR count). The van der Waals surface area contributed by atoms with Crippen molar-refractivity contribution in [3.63, 3.8) is 0 Å². The fraction of sp³-hybridized carbons (Fsp3) is 0.400. The molecule has 13 heteroatoms. The van der Waals surface area contributed by atoms with Crippen LogP contribution in [-0.2, 0) is 24.8 Å². The first kappa shape index (κ1) is 31.5. The molecule has 0 radical (unpaired) electrons. The van der Waals surface area contributed by atoms with E-state index in [0.29, 0.717) is 44.7 Å². The average Bonchev–Trinajstić information content (AvgIpc) is 3.41. The fourth-order valence-corrected chi connectivity index (χ4v) is 7.68. The summed E-state index contributed by atoms with van der Waals surface area (Å²) >= 11 is 0. The highest BCUT2D eigenvalue weighted by molar-refractivity contribution is 7.89. The first-order valence-electron chi connectivity index (χ1n) is 14.1. The molecule has 2 aliphatic rings. The van der Waals surface area contributed by atoms with Gasteiger partial charge in [-0.2, -0.15) is 4.31 Å². The Morgan fingerprint density at radius 2 is 1.65 bits per heavy atom. The molecule has 2 heterocycles. The maximum absolute atomic E-state index is 13.3. The van der Waals surface area contributed by atoms with E-state index in [1.807, 2.05) is 0 Å². The number of rotatable bonds is 11. The number of piperidine rings is 1. The first-order valence-corrected chi connectivity index (χ1v) is 17.0. The minimum absolute atomic E-state index is 0.000845. The van der Waals surface area contributed by atoms with Crippen LogP contribution in [0.15, 0.2) is 82.6 Å². The summed E-state index contributed by atoms with van der Waals surface area (Å²) in [5, 5.41) is 13.7. The topological polar surface area (TPSA) is 134 Å². The molecule has 3 aromatic rings. The van der Waals surface area contributed by atoms with Crippen LogP contribution in [0.1, 0.15) is 19.3 Å². The molecular formula is C30H36FN3O7S2. The highest BCUT2D eigenvalue weighted by Gasteiger charge is 2.44. The van der Waals surface area contributed by atoms with Crippen molar-refractivity contribution in [1.82, 2.24) is 14.3 Å². The molecule has 0 bridgehead atoms. The van der Waals surface area contributed by atoms with Crippen molar-refractivity contribution >= 4 is 20.0 Å². The quantitative estimate of drug-likeness (QED) is 0.294. The van der Waals surface area contributed by atoms with Gasteiger partial charge in [0.15, 0.2) is 0 Å². The Bertz CT molecular complexity index is 1610. The van der Waals surface area contributed by atoms with Crippen LogP contribution in [0, 0.1) is 5.82 Å². The molecule has 2 saturated heterocycles. The molecule has 0 saturated carbocycles. The largest absolute Gasteiger partial charge is 0.491 e. The highest BCUT2D eigenvalue weighted by Crippen LogP contribution is 2.37. The lowest BCUT2D eigenvalue weighted by molar-refractivity contribution is -0.0312. The van der Waals surface area contributed by atoms with Crippen LogP contribution in [0.4, 0.5) is 4.39 Å². The molecule has 10 nitrogen and oxygen atoms in total. The van der Waals surface area contributed by atoms with E-state index in [4.69, 9.17) is 9.47 Å². The Kier molecular flexibility index (Phi) is 9.52. The molecule has 3 aromatic carbocycles. The van der Waals surface area contributed by atoms with E-state index >= 15 is 0 Å². The van der Waals surface area contributed by atoms with Gasteiger partial charge in [0, 0.05) is 31.7 Å². The van der Waals surface area contributed by atoms with E-state index in [1.165, 1.54) is 35.6 Å². The van der Waals surface area contributed by atoms with Crippen LogP contribution in [0.3, 0.4) is 0 Å². The fourth-order valence-electron chi connectivity index (χ4n) is 5.47. The Morgan fingerprint density at radius 3 is 2.30 bits per heavy atom. The third-order valence-corrected chi connectivity index (χ3v) is 11.3. The summed E-state index contributed by atoms with van der Waals surface area (Å²) in [6.07, 6.45) is 0.998. The van der Waals surface area contributed by atoms with Gasteiger partial charge in [0.05, 0.1) is 22.0 Å². The Hall–Kier alpha value is -2.91. The van der Waals surface area contributed by atoms with E-state index < -0.39 is 31.8 Å². The van der Waals surface area contributed by atoms with Gasteiger partial charge in [0.2, 0.25) is 20.0 Å². The zero-order valence-corrected chi connectivity index (χ0v) is 25.4. The Balaban J connectivity index is 1.08. The molecule has 1 unspecified atom stereocenters. The average molecular weight is 634 g/mol. The van der Waals surface area contributed by atoms with Gasteiger partial charge >= 0.3 is 0 Å². The van der Waals surface area contributed by atoms with Gasteiger partial charge in [-0.1, -0.05) is 30.3 Å². The summed E-state index contributed by atoms with van der Waals surface area (Å²) in [4.78, 5) is 0.292. The standard InChI is InChI=1S/C30H36FN3O7S2/c1-32-42(36,37)29-4-2-3-27(17-29)40-21-26(35)19-33-25-18-30(41-20-25)13-15-34(16-14-30)43(38,39)28-11-7-23(8-12-28)22-5-9-24(31)10-6-22/h2-12,17,25-26,32-33,35H,13-16,18-21H2,1H3/t25?,26-/m0/s1. The molecular weight excluding hydrogens is 597 g/mol. The Morgan fingerprint density at radius 1 is 1.00 bits per heavy atom. The molecule has 43 heavy (non-hydrogen) atoms. The van der Waals surface area contributed by atoms with Gasteiger partial charge in [-0.3, -0.25) is 0 Å². The van der Waals surface area contributed by atoms with Crippen molar-refractivity contribution < 1.29 is 35.8 Å². The van der Waals surface area contributed by atoms with Crippen molar-refractivity contribution in [2.45, 2.75) is 46.8 Å². The molecule has 2 fully saturated rings. The van der Waals surface area contributed by atoms with Gasteiger partial charge in [-0.15, -0.1) is 0 Å². The summed E-state index contributed by atoms with van der Waals surface area (Å²) in [6, 6.07) is 18.7. The third-order valence-electron chi connectivity index (χ3n) is 7.98. The number of hydrogen-bond acceptors (Lipinski definition) is 8. The first-order chi connectivity index (χ1) is 20.5. The molecule has 232 valence electrons. The lowest BCUT2D eigenvalue weighted by Gasteiger charge is -2.38. The van der Waals surface area contributed by atoms with Crippen LogP contribution in [0.25, 0.3) is 11.1 Å². The monoisotopic (exact) mass is 633 g/mol. The maximum atomic E-state index is 13.3. The minimum atomic E-state index is -3.67. The van der Waals surface area contributed by atoms with Crippen molar-refractivity contribution in [2.24, 2.45) is 0 Å². The number of nitrogens with one attached hydrogen (secondary N) is 2. The summed E-state index contributed by atoms with van der Waals surface area (Å²) in [6.45, 7) is 1.37. The summed E-state index contributed by atoms with van der Waals surface area (Å²) in [5.74, 6) is 0.0101. The van der Waals surface area contributed by atoms with Crippen molar-refractivity contribution in [1.29, 1.82) is 0 Å². The molecule has 3 N–H and O–H groups in total. The van der Waals surface area contributed by atoms with Crippen molar-refractivity contribution in [3.8, 4) is 16.9 Å². The van der Waals surface area contributed by atoms with E-state index in [9.17, 15) is 26.3 Å². The molecule has 0 aromatic heterocycles. The number of nitrogens with zero attached hydrogens (tertiary/aromatic N) is 1. The summed E-state index contributed by atoms with van der Waals surface area (Å²) in [5.41, 5.74) is 1.19. The number of sulfonamides is 2. The second kappa shape index (κ2) is 13.0. The van der Waals surface area contributed by atoms with Gasteiger partial charge in [-0.25, -0.2) is 25.9 Å². The van der Waals surface area contributed by atoms with E-state index in [1.54, 1.807) is 48.5 Å². The number of benzene rings is 3. The Labute approximate surface area is 251 Å². The van der Waals surface area contributed by atoms with Crippen LogP contribution >= 0.6 is 0 Å². The van der Waals surface area contributed by atoms with Gasteiger partial charge < -0.3 is 19.9 Å². The number of aliphatic hydroxyl groups is 1. The third kappa shape index (κ3) is 7.43. The van der Waals surface area contributed by atoms with Gasteiger partial charge in [-0.05, 0) is 73.8 Å². The lowest BCUT2D eigenvalue weighted by atomic mass is 9.88. The van der Waals surface area contributed by atoms with Crippen molar-refractivity contribution in [2.75, 3.05) is 39.9 Å². The lowest BCUT2D eigenvalue weighted by Crippen LogP contribution is -2.47. The minimum Gasteiger partial charge on any atom is -0.491 e. The summed E-state index contributed by atoms with van der Waals surface area (Å²) < 4.78 is 79.4. The number of halogens is 1. The summed E-state index contributed by atoms with van der Waals surface area (Å²) in [7, 11) is -5.94. The van der Waals surface area contributed by atoms with E-state index in [0.717, 1.165) is 11.1 Å². The second-order valence-corrected chi connectivity index (χ2v) is 14.7. The molecule has 2 atom stereocenters. The smallest absolute Gasteiger partial charge is 0.243 e. The van der Waals surface area contributed by atoms with Crippen LogP contribution in [0.2, 0.25) is 0 Å². The molecule has 0 amide bonds. The normalized spacial score (nSPS) is 19.8. The highest BCUT2D eigenvalue weighted by atomic mass is 32.2. The van der Waals surface area contributed by atoms with Gasteiger partial charge in [0.25, 0.3) is 0 Å². The predicted octanol–water partition coefficient (Wildman–Crippen LogP) is 2.74. The molecule has 1 spiro atoms. The predicted molar refractivity (Wildman–Crippen MR) is 159 cm³/mol. The maximum Gasteiger partial charge on any atom is 0.243 e. The zero-order chi connectivity index (χ0) is 30.7. The second-order valence-electron chi connectivity index (χ2n) is 10.9. The van der Waals surface area contributed by atoms with Gasteiger partial charge in [0.1, 0.15) is 24.3 Å². The SMILES string of the molecule is CNS(=O)(=O)c1cccc(OC[C@@H](O)CNC2COC3(CCN(S(=O)(=O)c4ccc(-c5ccc(F)cc5)cc4)CC3)C2)c1. The zero-order valence-electron chi connectivity index (χ0n) is 23.8. The molecule has 0 aliphatic carbocycles. The number of aliphatic hydroxyl groups excluding tert-OH is 1. The van der Waals surface area contributed by atoms with E-state index in [-0.39, 0.29) is 34.8 Å². The van der Waals surface area contributed by atoms with Crippen LogP contribution < -0.4 is 14.8 Å². The van der Waals surface area contributed by atoms with Crippen LogP contribution in [-0.4, -0.2) is 83.9 Å². The number of hydrogen-bond donors (Lipinski definition) is 3. The molecule has 2 aliphatic heterocycles. The number of ether oxygens (including phenoxy) is 2. The van der Waals surface area contributed by atoms with Crippen molar-refractivity contribution in [3.05, 3.63) is 78.6 Å².